The molecule has 0 aliphatic heterocycles. The van der Waals surface area contributed by atoms with E-state index in [0.29, 0.717) is 11.5 Å². The van der Waals surface area contributed by atoms with Crippen molar-refractivity contribution in [3.8, 4) is 0 Å². The van der Waals surface area contributed by atoms with Gasteiger partial charge in [-0.05, 0) is 18.5 Å². The topological polar surface area (TPSA) is 106 Å². The molecule has 0 bridgehead atoms. The fourth-order valence-corrected chi connectivity index (χ4v) is 3.91. The van der Waals surface area contributed by atoms with Gasteiger partial charge >= 0.3 is 0 Å². The summed E-state index contributed by atoms with van der Waals surface area (Å²) in [5, 5.41) is 7.76. The Morgan fingerprint density at radius 3 is 2.67 bits per heavy atom. The number of aryl methyl sites for hydroxylation is 2. The van der Waals surface area contributed by atoms with Gasteiger partial charge in [0.1, 0.15) is 5.00 Å². The molecule has 0 aliphatic carbocycles. The van der Waals surface area contributed by atoms with Crippen LogP contribution in [0.15, 0.2) is 11.1 Å². The second-order valence-electron chi connectivity index (χ2n) is 4.78. The molecule has 0 amide bonds. The summed E-state index contributed by atoms with van der Waals surface area (Å²) >= 11 is 1.03. The van der Waals surface area contributed by atoms with Crippen LogP contribution in [0.3, 0.4) is 0 Å². The third kappa shape index (κ3) is 3.01. The molecule has 0 aliphatic rings. The fraction of sp³-hybridized carbons (Fsp3) is 0.455. The number of aromatic nitrogens is 3. The average Bonchev–Trinajstić information content (AvgIpc) is 2.89. The van der Waals surface area contributed by atoms with Crippen molar-refractivity contribution in [2.24, 2.45) is 7.05 Å². The number of hydrogen-bond acceptors (Lipinski definition) is 7. The van der Waals surface area contributed by atoms with E-state index in [-0.39, 0.29) is 10.7 Å². The van der Waals surface area contributed by atoms with Gasteiger partial charge in [0, 0.05) is 39.4 Å². The molecule has 0 atom stereocenters. The lowest BCUT2D eigenvalue weighted by molar-refractivity contribution is 0.521. The maximum Gasteiger partial charge on any atom is 0.249 e. The molecule has 8 nitrogen and oxygen atoms in total. The molecule has 2 rings (SSSR count). The van der Waals surface area contributed by atoms with E-state index in [1.54, 1.807) is 4.68 Å². The molecule has 2 aromatic rings. The molecule has 0 fully saturated rings. The molecule has 116 valence electrons. The monoisotopic (exact) mass is 330 g/mol. The Morgan fingerprint density at radius 2 is 2.14 bits per heavy atom. The van der Waals surface area contributed by atoms with E-state index in [9.17, 15) is 8.42 Å². The Balaban J connectivity index is 2.28. The van der Waals surface area contributed by atoms with Gasteiger partial charge in [-0.2, -0.15) is 9.47 Å². The van der Waals surface area contributed by atoms with Crippen molar-refractivity contribution in [3.05, 3.63) is 17.5 Å². The quantitative estimate of drug-likeness (QED) is 0.833. The van der Waals surface area contributed by atoms with Gasteiger partial charge in [-0.15, -0.1) is 0 Å². The minimum Gasteiger partial charge on any atom is -0.382 e. The summed E-state index contributed by atoms with van der Waals surface area (Å²) in [4.78, 5) is 0.0269. The van der Waals surface area contributed by atoms with Crippen LogP contribution in [-0.4, -0.2) is 41.0 Å². The number of rotatable bonds is 5. The summed E-state index contributed by atoms with van der Waals surface area (Å²) in [7, 11) is 1.12. The Kier molecular flexibility index (Phi) is 4.21. The molecule has 10 heteroatoms. The van der Waals surface area contributed by atoms with Crippen LogP contribution in [0.2, 0.25) is 0 Å². The Bertz CT molecular complexity index is 747. The van der Waals surface area contributed by atoms with Crippen LogP contribution in [0.25, 0.3) is 0 Å². The zero-order valence-corrected chi connectivity index (χ0v) is 13.9. The summed E-state index contributed by atoms with van der Waals surface area (Å²) < 4.78 is 31.3. The number of anilines is 2. The molecule has 0 unspecified atom stereocenters. The zero-order chi connectivity index (χ0) is 15.8. The first kappa shape index (κ1) is 15.7. The lowest BCUT2D eigenvalue weighted by Gasteiger charge is -2.12. The highest BCUT2D eigenvalue weighted by Gasteiger charge is 2.27. The lowest BCUT2D eigenvalue weighted by atomic mass is 10.3. The highest BCUT2D eigenvalue weighted by Crippen LogP contribution is 2.33. The van der Waals surface area contributed by atoms with Gasteiger partial charge in [0.05, 0.1) is 5.69 Å². The van der Waals surface area contributed by atoms with Crippen molar-refractivity contribution in [1.29, 1.82) is 0 Å². The molecular weight excluding hydrogens is 312 g/mol. The first-order valence-corrected chi connectivity index (χ1v) is 8.35. The number of hydrogen-bond donors (Lipinski definition) is 2. The van der Waals surface area contributed by atoms with E-state index >= 15 is 0 Å². The number of nitrogens with two attached hydrogens (primary N) is 1. The van der Waals surface area contributed by atoms with Crippen LogP contribution in [-0.2, 0) is 23.6 Å². The summed E-state index contributed by atoms with van der Waals surface area (Å²) in [6.07, 6.45) is 1.88. The molecule has 2 heterocycles. The van der Waals surface area contributed by atoms with Crippen molar-refractivity contribution in [2.45, 2.75) is 18.4 Å². The van der Waals surface area contributed by atoms with Gasteiger partial charge in [0.15, 0.2) is 10.7 Å². The molecule has 0 spiro atoms. The van der Waals surface area contributed by atoms with E-state index in [1.165, 1.54) is 14.1 Å². The Morgan fingerprint density at radius 1 is 1.48 bits per heavy atom. The van der Waals surface area contributed by atoms with Crippen LogP contribution in [0.1, 0.15) is 11.3 Å². The summed E-state index contributed by atoms with van der Waals surface area (Å²) in [5.41, 5.74) is 7.58. The molecule has 0 aromatic carbocycles. The standard InChI is InChI=1S/C11H18N6O2S2/c1-7-8(6-17(4)14-7)5-13-11-9(10(12)15-20-11)21(18,19)16(2)3/h6,13H,5H2,1-4H3,(H2,12,15). The number of nitrogens with one attached hydrogen (secondary N) is 1. The predicted molar refractivity (Wildman–Crippen MR) is 82.7 cm³/mol. The average molecular weight is 330 g/mol. The second-order valence-corrected chi connectivity index (χ2v) is 7.64. The van der Waals surface area contributed by atoms with E-state index in [1.807, 2.05) is 20.2 Å². The van der Waals surface area contributed by atoms with Crippen molar-refractivity contribution < 1.29 is 8.42 Å². The predicted octanol–water partition coefficient (Wildman–Crippen LogP) is 0.630. The highest BCUT2D eigenvalue weighted by atomic mass is 32.2. The van der Waals surface area contributed by atoms with Gasteiger partial charge < -0.3 is 11.1 Å². The summed E-state index contributed by atoms with van der Waals surface area (Å²) in [5.74, 6) is 0.0131. The van der Waals surface area contributed by atoms with Crippen LogP contribution in [0.4, 0.5) is 10.8 Å². The van der Waals surface area contributed by atoms with Gasteiger partial charge in [0.2, 0.25) is 10.0 Å². The largest absolute Gasteiger partial charge is 0.382 e. The van der Waals surface area contributed by atoms with Crippen LogP contribution in [0, 0.1) is 6.92 Å². The first-order valence-electron chi connectivity index (χ1n) is 6.14. The van der Waals surface area contributed by atoms with Gasteiger partial charge in [-0.25, -0.2) is 12.7 Å². The van der Waals surface area contributed by atoms with Crippen molar-refractivity contribution in [3.63, 3.8) is 0 Å². The molecule has 3 N–H and O–H groups in total. The molecule has 2 aromatic heterocycles. The van der Waals surface area contributed by atoms with Gasteiger partial charge in [-0.3, -0.25) is 4.68 Å². The van der Waals surface area contributed by atoms with Crippen molar-refractivity contribution >= 4 is 32.4 Å². The molecule has 0 saturated heterocycles. The summed E-state index contributed by atoms with van der Waals surface area (Å²) in [6.45, 7) is 2.35. The minimum atomic E-state index is -3.63. The third-order valence-corrected chi connectivity index (χ3v) is 5.81. The van der Waals surface area contributed by atoms with Crippen molar-refractivity contribution in [2.75, 3.05) is 25.1 Å². The second kappa shape index (κ2) is 5.62. The third-order valence-electron chi connectivity index (χ3n) is 2.97. The number of sulfonamides is 1. The first-order chi connectivity index (χ1) is 9.73. The molecular formula is C11H18N6O2S2. The lowest BCUT2D eigenvalue weighted by Crippen LogP contribution is -2.23. The highest BCUT2D eigenvalue weighted by molar-refractivity contribution is 7.89. The van der Waals surface area contributed by atoms with Crippen LogP contribution >= 0.6 is 11.5 Å². The van der Waals surface area contributed by atoms with E-state index in [0.717, 1.165) is 27.1 Å². The molecule has 0 radical (unpaired) electrons. The fourth-order valence-electron chi connectivity index (χ4n) is 1.84. The van der Waals surface area contributed by atoms with E-state index < -0.39 is 10.0 Å². The maximum atomic E-state index is 12.3. The Hall–Kier alpha value is -1.65. The van der Waals surface area contributed by atoms with E-state index in [4.69, 9.17) is 5.73 Å². The number of nitrogens with zero attached hydrogens (tertiary/aromatic N) is 4. The molecule has 21 heavy (non-hydrogen) atoms. The van der Waals surface area contributed by atoms with E-state index in [2.05, 4.69) is 14.8 Å². The normalized spacial score (nSPS) is 12.0. The van der Waals surface area contributed by atoms with Gasteiger partial charge in [0.25, 0.3) is 0 Å². The number of nitrogen functional groups attached to an aromatic ring is 1. The maximum absolute atomic E-state index is 12.3. The summed E-state index contributed by atoms with van der Waals surface area (Å²) in [6, 6.07) is 0. The Labute approximate surface area is 127 Å². The zero-order valence-electron chi connectivity index (χ0n) is 12.3. The SMILES string of the molecule is Cc1nn(C)cc1CNc1snc(N)c1S(=O)(=O)N(C)C. The van der Waals surface area contributed by atoms with Crippen LogP contribution < -0.4 is 11.1 Å². The molecule has 0 saturated carbocycles. The smallest absolute Gasteiger partial charge is 0.249 e. The van der Waals surface area contributed by atoms with Gasteiger partial charge in [-0.1, -0.05) is 0 Å². The van der Waals surface area contributed by atoms with Crippen LogP contribution in [0.5, 0.6) is 0 Å². The van der Waals surface area contributed by atoms with Crippen molar-refractivity contribution in [1.82, 2.24) is 18.5 Å². The minimum absolute atomic E-state index is 0.0131.